The number of hydrogen-bond acceptors (Lipinski definition) is 3. The van der Waals surface area contributed by atoms with Crippen molar-refractivity contribution in [2.24, 2.45) is 0 Å². The molecular formula is C14H14O3P+. The molecule has 3 rings (SSSR count). The van der Waals surface area contributed by atoms with Crippen molar-refractivity contribution in [2.75, 3.05) is 6.16 Å². The lowest BCUT2D eigenvalue weighted by molar-refractivity contribution is 0.476. The number of benzene rings is 2. The van der Waals surface area contributed by atoms with E-state index in [9.17, 15) is 5.11 Å². The highest BCUT2D eigenvalue weighted by molar-refractivity contribution is 7.75. The second kappa shape index (κ2) is 4.18. The van der Waals surface area contributed by atoms with E-state index in [-0.39, 0.29) is 5.75 Å². The molecule has 1 N–H and O–H groups in total. The minimum atomic E-state index is -2.25. The van der Waals surface area contributed by atoms with Crippen molar-refractivity contribution in [2.45, 2.75) is 6.92 Å². The number of para-hydroxylation sites is 3. The van der Waals surface area contributed by atoms with E-state index < -0.39 is 7.72 Å². The first-order valence-corrected chi connectivity index (χ1v) is 7.71. The Morgan fingerprint density at radius 3 is 2.06 bits per heavy atom. The van der Waals surface area contributed by atoms with Crippen molar-refractivity contribution < 1.29 is 14.2 Å². The van der Waals surface area contributed by atoms with Gasteiger partial charge in [-0.15, -0.1) is 0 Å². The van der Waals surface area contributed by atoms with E-state index in [4.69, 9.17) is 9.05 Å². The molecule has 3 nitrogen and oxygen atoms in total. The molecule has 92 valence electrons. The highest BCUT2D eigenvalue weighted by Gasteiger charge is 2.53. The molecule has 0 spiro atoms. The zero-order chi connectivity index (χ0) is 12.6. The molecule has 0 aromatic heterocycles. The number of rotatable bonds is 2. The van der Waals surface area contributed by atoms with Crippen LogP contribution in [0.15, 0.2) is 48.5 Å². The van der Waals surface area contributed by atoms with Gasteiger partial charge in [0, 0.05) is 0 Å². The third kappa shape index (κ3) is 1.63. The highest BCUT2D eigenvalue weighted by Crippen LogP contribution is 2.66. The van der Waals surface area contributed by atoms with Crippen LogP contribution in [0.4, 0.5) is 0 Å². The Hall–Kier alpha value is -1.73. The molecule has 1 aliphatic rings. The van der Waals surface area contributed by atoms with Crippen LogP contribution in [0.3, 0.4) is 0 Å². The molecule has 0 saturated carbocycles. The van der Waals surface area contributed by atoms with Gasteiger partial charge in [0.15, 0.2) is 5.75 Å². The predicted molar refractivity (Wildman–Crippen MR) is 72.9 cm³/mol. The van der Waals surface area contributed by atoms with Gasteiger partial charge in [0.05, 0.1) is 0 Å². The molecular weight excluding hydrogens is 247 g/mol. The zero-order valence-electron chi connectivity index (χ0n) is 10.0. The normalized spacial score (nSPS) is 15.6. The van der Waals surface area contributed by atoms with Crippen LogP contribution in [0.1, 0.15) is 6.92 Å². The summed E-state index contributed by atoms with van der Waals surface area (Å²) >= 11 is 0. The number of aromatic hydroxyl groups is 1. The Morgan fingerprint density at radius 1 is 0.944 bits per heavy atom. The molecule has 1 heterocycles. The molecule has 1 aliphatic heterocycles. The third-order valence-corrected chi connectivity index (χ3v) is 5.93. The lowest BCUT2D eigenvalue weighted by Crippen LogP contribution is -2.19. The molecule has 18 heavy (non-hydrogen) atoms. The molecule has 0 unspecified atom stereocenters. The van der Waals surface area contributed by atoms with Crippen LogP contribution in [0, 0.1) is 0 Å². The molecule has 0 atom stereocenters. The van der Waals surface area contributed by atoms with Crippen LogP contribution in [-0.2, 0) is 0 Å². The van der Waals surface area contributed by atoms with Crippen LogP contribution >= 0.6 is 7.72 Å². The van der Waals surface area contributed by atoms with Crippen molar-refractivity contribution in [1.29, 1.82) is 0 Å². The summed E-state index contributed by atoms with van der Waals surface area (Å²) in [5.74, 6) is 1.76. The predicted octanol–water partition coefficient (Wildman–Crippen LogP) is 3.36. The van der Waals surface area contributed by atoms with E-state index in [2.05, 4.69) is 0 Å². The van der Waals surface area contributed by atoms with Gasteiger partial charge in [-0.05, 0) is 31.2 Å². The van der Waals surface area contributed by atoms with E-state index in [0.717, 1.165) is 23.0 Å². The standard InChI is InChI=1S/C14H13O3P/c1-2-18(14-10-6-3-7-11(14)15)16-12-8-4-5-9-13(12)17-18/h3-10H,2H2,1H3/p+1. The molecule has 0 saturated heterocycles. The first-order valence-electron chi connectivity index (χ1n) is 5.90. The summed E-state index contributed by atoms with van der Waals surface area (Å²) in [6.45, 7) is 2.02. The van der Waals surface area contributed by atoms with Gasteiger partial charge in [-0.2, -0.15) is 0 Å². The largest absolute Gasteiger partial charge is 0.504 e. The lowest BCUT2D eigenvalue weighted by atomic mass is 10.3. The Bertz CT molecular complexity index is 558. The van der Waals surface area contributed by atoms with Gasteiger partial charge in [0.2, 0.25) is 16.8 Å². The number of hydrogen-bond donors (Lipinski definition) is 1. The van der Waals surface area contributed by atoms with Gasteiger partial charge >= 0.3 is 7.72 Å². The second-order valence-corrected chi connectivity index (χ2v) is 6.93. The highest BCUT2D eigenvalue weighted by atomic mass is 31.2. The fourth-order valence-electron chi connectivity index (χ4n) is 2.09. The minimum Gasteiger partial charge on any atom is -0.504 e. The maximum absolute atomic E-state index is 10.0. The van der Waals surface area contributed by atoms with Crippen molar-refractivity contribution in [3.63, 3.8) is 0 Å². The summed E-state index contributed by atoms with van der Waals surface area (Å²) in [5, 5.41) is 10.8. The van der Waals surface area contributed by atoms with E-state index in [1.54, 1.807) is 12.1 Å². The van der Waals surface area contributed by atoms with Crippen molar-refractivity contribution in [3.8, 4) is 17.2 Å². The summed E-state index contributed by atoms with van der Waals surface area (Å²) in [6, 6.07) is 14.9. The van der Waals surface area contributed by atoms with Crippen LogP contribution < -0.4 is 14.4 Å². The molecule has 2 aromatic carbocycles. The molecule has 0 aliphatic carbocycles. The lowest BCUT2D eigenvalue weighted by Gasteiger charge is -2.16. The van der Waals surface area contributed by atoms with E-state index in [0.29, 0.717) is 0 Å². The average molecular weight is 261 g/mol. The fourth-order valence-corrected chi connectivity index (χ4v) is 4.59. The molecule has 4 heteroatoms. The summed E-state index contributed by atoms with van der Waals surface area (Å²) in [5.41, 5.74) is 0. The topological polar surface area (TPSA) is 38.7 Å². The van der Waals surface area contributed by atoms with Crippen LogP contribution in [-0.4, -0.2) is 11.3 Å². The van der Waals surface area contributed by atoms with Crippen molar-refractivity contribution in [3.05, 3.63) is 48.5 Å². The van der Waals surface area contributed by atoms with Crippen LogP contribution in [0.2, 0.25) is 0 Å². The molecule has 0 fully saturated rings. The average Bonchev–Trinajstić information content (AvgIpc) is 2.79. The first-order chi connectivity index (χ1) is 8.75. The number of fused-ring (bicyclic) bond motifs is 1. The fraction of sp³-hybridized carbons (Fsp3) is 0.143. The zero-order valence-corrected chi connectivity index (χ0v) is 10.9. The Morgan fingerprint density at radius 2 is 1.50 bits per heavy atom. The summed E-state index contributed by atoms with van der Waals surface area (Å²) < 4.78 is 12.1. The maximum Gasteiger partial charge on any atom is 0.400 e. The van der Waals surface area contributed by atoms with Gasteiger partial charge in [0.25, 0.3) is 0 Å². The monoisotopic (exact) mass is 261 g/mol. The molecule has 0 radical (unpaired) electrons. The van der Waals surface area contributed by atoms with Gasteiger partial charge in [-0.3, -0.25) is 0 Å². The van der Waals surface area contributed by atoms with Gasteiger partial charge in [-0.25, -0.2) is 0 Å². The van der Waals surface area contributed by atoms with E-state index in [1.165, 1.54) is 0 Å². The molecule has 0 amide bonds. The maximum atomic E-state index is 10.0. The Kier molecular flexibility index (Phi) is 2.64. The number of phenols is 1. The summed E-state index contributed by atoms with van der Waals surface area (Å²) in [6.07, 6.45) is 0.721. The Labute approximate surface area is 106 Å². The van der Waals surface area contributed by atoms with E-state index >= 15 is 0 Å². The van der Waals surface area contributed by atoms with Gasteiger partial charge in [0.1, 0.15) is 6.16 Å². The smallest absolute Gasteiger partial charge is 0.400 e. The molecule has 0 bridgehead atoms. The SMILES string of the molecule is CC[P+]1(c2ccccc2O)Oc2ccccc2O1. The second-order valence-electron chi connectivity index (χ2n) is 4.11. The quantitative estimate of drug-likeness (QED) is 0.842. The Balaban J connectivity index is 2.08. The summed E-state index contributed by atoms with van der Waals surface area (Å²) in [4.78, 5) is 0. The van der Waals surface area contributed by atoms with Crippen LogP contribution in [0.5, 0.6) is 17.2 Å². The first kappa shape index (κ1) is 11.4. The van der Waals surface area contributed by atoms with E-state index in [1.807, 2.05) is 43.3 Å². The van der Waals surface area contributed by atoms with Gasteiger partial charge in [-0.1, -0.05) is 24.3 Å². The molecule has 2 aromatic rings. The minimum absolute atomic E-state index is 0.237. The third-order valence-electron chi connectivity index (χ3n) is 3.01. The summed E-state index contributed by atoms with van der Waals surface area (Å²) in [7, 11) is -2.25. The van der Waals surface area contributed by atoms with Crippen molar-refractivity contribution in [1.82, 2.24) is 0 Å². The van der Waals surface area contributed by atoms with Gasteiger partial charge < -0.3 is 14.2 Å². The van der Waals surface area contributed by atoms with Crippen LogP contribution in [0.25, 0.3) is 0 Å². The van der Waals surface area contributed by atoms with Crippen molar-refractivity contribution >= 4 is 13.0 Å². The number of phenolic OH excluding ortho intramolecular Hbond substituents is 1.